The summed E-state index contributed by atoms with van der Waals surface area (Å²) in [5, 5.41) is 23.9. The summed E-state index contributed by atoms with van der Waals surface area (Å²) < 4.78 is 13.7. The smallest absolute Gasteiger partial charge is 0.315 e. The molecule has 0 aliphatic heterocycles. The van der Waals surface area contributed by atoms with Crippen LogP contribution in [0.15, 0.2) is 80.3 Å². The Labute approximate surface area is 236 Å². The molecule has 0 bridgehead atoms. The first-order chi connectivity index (χ1) is 19.2. The second kappa shape index (κ2) is 12.5. The van der Waals surface area contributed by atoms with Crippen LogP contribution in [0, 0.1) is 10.8 Å². The number of nitrogens with one attached hydrogen (secondary N) is 2. The lowest BCUT2D eigenvalue weighted by Gasteiger charge is -2.14. The van der Waals surface area contributed by atoms with Gasteiger partial charge in [-0.1, -0.05) is 24.3 Å². The van der Waals surface area contributed by atoms with E-state index in [1.807, 2.05) is 0 Å². The molecule has 4 rings (SSSR count). The molecule has 12 nitrogen and oxygen atoms in total. The molecule has 2 aromatic heterocycles. The maximum Gasteiger partial charge on any atom is 0.315 e. The molecular weight excluding hydrogens is 552 g/mol. The topological polar surface area (TPSA) is 188 Å². The Bertz CT molecular complexity index is 1580. The van der Waals surface area contributed by atoms with Gasteiger partial charge in [0, 0.05) is 11.1 Å². The van der Waals surface area contributed by atoms with Crippen LogP contribution in [-0.4, -0.2) is 44.4 Å². The summed E-state index contributed by atoms with van der Waals surface area (Å²) in [6.07, 6.45) is 2.99. The number of hydrogen-bond donors (Lipinski definition) is 4. The van der Waals surface area contributed by atoms with Crippen LogP contribution >= 0.6 is 21.6 Å². The van der Waals surface area contributed by atoms with E-state index in [4.69, 9.17) is 31.8 Å². The molecule has 2 aromatic carbocycles. The van der Waals surface area contributed by atoms with Crippen molar-refractivity contribution in [3.8, 4) is 22.9 Å². The zero-order valence-electron chi connectivity index (χ0n) is 21.6. The molecule has 0 unspecified atom stereocenters. The summed E-state index contributed by atoms with van der Waals surface area (Å²) in [5.74, 6) is -0.0847. The highest BCUT2D eigenvalue weighted by atomic mass is 33.1. The normalized spacial score (nSPS) is 10.8. The number of hydrogen-bond acceptors (Lipinski definition) is 10. The first kappa shape index (κ1) is 28.4. The summed E-state index contributed by atoms with van der Waals surface area (Å²) in [4.78, 5) is 27.5. The van der Waals surface area contributed by atoms with Crippen molar-refractivity contribution in [2.75, 3.05) is 13.2 Å². The fourth-order valence-electron chi connectivity index (χ4n) is 3.59. The molecule has 0 aliphatic rings. The average molecular weight is 579 g/mol. The molecule has 0 saturated carbocycles. The monoisotopic (exact) mass is 578 g/mol. The molecule has 0 amide bonds. The molecule has 4 aromatic rings. The van der Waals surface area contributed by atoms with Crippen molar-refractivity contribution in [2.45, 2.75) is 23.6 Å². The van der Waals surface area contributed by atoms with Crippen molar-refractivity contribution < 1.29 is 9.47 Å². The van der Waals surface area contributed by atoms with Crippen LogP contribution in [0.5, 0.6) is 11.5 Å². The highest BCUT2D eigenvalue weighted by Gasteiger charge is 2.19. The number of aromatic nitrogens is 4. The van der Waals surface area contributed by atoms with Gasteiger partial charge in [-0.2, -0.15) is 19.6 Å². The fraction of sp³-hybridized carbons (Fsp3) is 0.154. The summed E-state index contributed by atoms with van der Waals surface area (Å²) >= 11 is 0. The quantitative estimate of drug-likeness (QED) is 0.117. The largest absolute Gasteiger partial charge is 0.487 e. The van der Waals surface area contributed by atoms with E-state index in [9.17, 15) is 9.59 Å². The van der Waals surface area contributed by atoms with Crippen LogP contribution in [0.4, 0.5) is 0 Å². The van der Waals surface area contributed by atoms with Crippen LogP contribution in [0.1, 0.15) is 25.0 Å². The maximum absolute atomic E-state index is 13.3. The van der Waals surface area contributed by atoms with Gasteiger partial charge in [-0.05, 0) is 59.7 Å². The molecule has 0 saturated heterocycles. The highest BCUT2D eigenvalue weighted by Crippen LogP contribution is 2.42. The van der Waals surface area contributed by atoms with E-state index in [1.54, 1.807) is 62.4 Å². The molecule has 2 heterocycles. The number of nitrogens with zero attached hydrogens (tertiary/aromatic N) is 4. The van der Waals surface area contributed by atoms with E-state index in [1.165, 1.54) is 43.3 Å². The Hall–Kier alpha value is -4.56. The Balaban J connectivity index is 1.68. The number of rotatable bonds is 11. The molecule has 0 aliphatic carbocycles. The molecule has 6 N–H and O–H groups in total. The molecule has 0 fully saturated rings. The number of benzene rings is 2. The molecule has 14 heteroatoms. The van der Waals surface area contributed by atoms with Crippen molar-refractivity contribution in [2.24, 2.45) is 11.5 Å². The second-order valence-electron chi connectivity index (χ2n) is 8.07. The van der Waals surface area contributed by atoms with Crippen LogP contribution < -0.4 is 32.1 Å². The number of amidine groups is 2. The molecule has 0 radical (unpaired) electrons. The second-order valence-corrected chi connectivity index (χ2v) is 10.3. The van der Waals surface area contributed by atoms with Crippen molar-refractivity contribution in [1.29, 1.82) is 10.8 Å². The fourth-order valence-corrected chi connectivity index (χ4v) is 5.64. The summed E-state index contributed by atoms with van der Waals surface area (Å²) in [5.41, 5.74) is 12.0. The van der Waals surface area contributed by atoms with Crippen LogP contribution in [0.3, 0.4) is 0 Å². The van der Waals surface area contributed by atoms with Gasteiger partial charge >= 0.3 is 11.1 Å². The van der Waals surface area contributed by atoms with Gasteiger partial charge in [-0.25, -0.2) is 0 Å². The van der Waals surface area contributed by atoms with Gasteiger partial charge in [-0.15, -0.1) is 0 Å². The summed E-state index contributed by atoms with van der Waals surface area (Å²) in [6, 6.07) is 13.2. The third-order valence-electron chi connectivity index (χ3n) is 5.40. The first-order valence-electron chi connectivity index (χ1n) is 12.0. The third kappa shape index (κ3) is 6.02. The molecule has 206 valence electrons. The SMILES string of the molecule is CCOc1c(SSc2cnn(-c3cccc(C(=N)N)c3)c(=O)c2OCC)cnn(-c2cccc(C(=N)N)c2)c1=O. The van der Waals surface area contributed by atoms with Gasteiger partial charge in [0.15, 0.2) is 0 Å². The Morgan fingerprint density at radius 3 is 1.52 bits per heavy atom. The standard InChI is InChI=1S/C26H26N8O4S2/c1-3-37-21-19(13-31-33(25(21)35)17-9-5-7-15(11-17)23(27)28)39-40-20-14-32-34(26(36)22(20)38-4-2)18-10-6-8-16(12-18)24(29)30/h5-14H,3-4H2,1-2H3,(H3,27,28)(H3,29,30). The number of nitrogens with two attached hydrogens (primary N) is 2. The van der Waals surface area contributed by atoms with E-state index in [0.29, 0.717) is 32.3 Å². The van der Waals surface area contributed by atoms with Gasteiger partial charge in [0.1, 0.15) is 11.7 Å². The Morgan fingerprint density at radius 1 is 0.775 bits per heavy atom. The van der Waals surface area contributed by atoms with Gasteiger partial charge in [0.25, 0.3) is 0 Å². The Kier molecular flexibility index (Phi) is 8.91. The van der Waals surface area contributed by atoms with Gasteiger partial charge in [0.2, 0.25) is 11.5 Å². The third-order valence-corrected chi connectivity index (χ3v) is 7.76. The highest BCUT2D eigenvalue weighted by molar-refractivity contribution is 8.76. The van der Waals surface area contributed by atoms with Gasteiger partial charge < -0.3 is 20.9 Å². The maximum atomic E-state index is 13.3. The molecule has 40 heavy (non-hydrogen) atoms. The van der Waals surface area contributed by atoms with Crippen molar-refractivity contribution >= 4 is 33.3 Å². The Morgan fingerprint density at radius 2 is 1.18 bits per heavy atom. The van der Waals surface area contributed by atoms with Gasteiger partial charge in [0.05, 0.1) is 46.8 Å². The minimum absolute atomic E-state index is 0.0866. The van der Waals surface area contributed by atoms with E-state index in [-0.39, 0.29) is 36.4 Å². The zero-order valence-corrected chi connectivity index (χ0v) is 23.2. The van der Waals surface area contributed by atoms with Crippen molar-refractivity contribution in [3.63, 3.8) is 0 Å². The van der Waals surface area contributed by atoms with E-state index < -0.39 is 11.1 Å². The predicted octanol–water partition coefficient (Wildman–Crippen LogP) is 2.94. The van der Waals surface area contributed by atoms with E-state index >= 15 is 0 Å². The summed E-state index contributed by atoms with van der Waals surface area (Å²) in [7, 11) is 2.34. The predicted molar refractivity (Wildman–Crippen MR) is 156 cm³/mol. The number of nitrogen functional groups attached to an aromatic ring is 2. The lowest BCUT2D eigenvalue weighted by molar-refractivity contribution is 0.323. The van der Waals surface area contributed by atoms with E-state index in [0.717, 1.165) is 0 Å². The molecular formula is C26H26N8O4S2. The van der Waals surface area contributed by atoms with Crippen molar-refractivity contribution in [3.05, 3.63) is 92.8 Å². The number of ether oxygens (including phenoxy) is 2. The lowest BCUT2D eigenvalue weighted by atomic mass is 10.2. The minimum atomic E-state index is -0.489. The van der Waals surface area contributed by atoms with E-state index in [2.05, 4.69) is 10.2 Å². The van der Waals surface area contributed by atoms with Gasteiger partial charge in [-0.3, -0.25) is 20.4 Å². The van der Waals surface area contributed by atoms with Crippen LogP contribution in [0.2, 0.25) is 0 Å². The lowest BCUT2D eigenvalue weighted by Crippen LogP contribution is -2.24. The first-order valence-corrected chi connectivity index (χ1v) is 14.1. The average Bonchev–Trinajstić information content (AvgIpc) is 2.95. The van der Waals surface area contributed by atoms with Crippen LogP contribution in [0.25, 0.3) is 11.4 Å². The molecule has 0 atom stereocenters. The molecule has 0 spiro atoms. The van der Waals surface area contributed by atoms with Crippen molar-refractivity contribution in [1.82, 2.24) is 19.6 Å². The van der Waals surface area contributed by atoms with Crippen LogP contribution in [-0.2, 0) is 0 Å². The zero-order chi connectivity index (χ0) is 28.8. The minimum Gasteiger partial charge on any atom is -0.487 e. The summed E-state index contributed by atoms with van der Waals surface area (Å²) in [6.45, 7) is 4.01.